The number of halogens is 1. The van der Waals surface area contributed by atoms with Crippen LogP contribution in [0, 0.1) is 0 Å². The van der Waals surface area contributed by atoms with Gasteiger partial charge in [-0.15, -0.1) is 0 Å². The van der Waals surface area contributed by atoms with Gasteiger partial charge in [-0.2, -0.15) is 0 Å². The Morgan fingerprint density at radius 1 is 1.15 bits per heavy atom. The zero-order valence-electron chi connectivity index (χ0n) is 14.3. The van der Waals surface area contributed by atoms with Crippen molar-refractivity contribution in [3.63, 3.8) is 0 Å². The highest BCUT2D eigenvalue weighted by atomic mass is 35.5. The van der Waals surface area contributed by atoms with Crippen molar-refractivity contribution in [3.8, 4) is 17.2 Å². The molecule has 0 spiro atoms. The van der Waals surface area contributed by atoms with Crippen molar-refractivity contribution in [2.75, 3.05) is 30.0 Å². The number of amides is 2. The van der Waals surface area contributed by atoms with E-state index in [0.29, 0.717) is 53.4 Å². The summed E-state index contributed by atoms with van der Waals surface area (Å²) in [5.74, 6) is 1.97. The number of nitrogens with zero attached hydrogens (tertiary/aromatic N) is 1. The van der Waals surface area contributed by atoms with E-state index in [1.807, 2.05) is 6.92 Å². The van der Waals surface area contributed by atoms with Crippen molar-refractivity contribution in [1.82, 2.24) is 0 Å². The second kappa shape index (κ2) is 6.96. The summed E-state index contributed by atoms with van der Waals surface area (Å²) in [6.45, 7) is 3.52. The van der Waals surface area contributed by atoms with Gasteiger partial charge in [-0.1, -0.05) is 18.5 Å². The number of carbonyl (C=O) groups is 1. The van der Waals surface area contributed by atoms with Gasteiger partial charge in [0.2, 0.25) is 0 Å². The van der Waals surface area contributed by atoms with E-state index < -0.39 is 0 Å². The van der Waals surface area contributed by atoms with E-state index in [2.05, 4.69) is 5.32 Å². The quantitative estimate of drug-likeness (QED) is 0.850. The molecule has 0 radical (unpaired) electrons. The average Bonchev–Trinajstić information content (AvgIpc) is 2.67. The summed E-state index contributed by atoms with van der Waals surface area (Å²) in [6, 6.07) is 10.4. The van der Waals surface area contributed by atoms with Gasteiger partial charge in [0.15, 0.2) is 11.5 Å². The highest BCUT2D eigenvalue weighted by molar-refractivity contribution is 6.31. The topological polar surface area (TPSA) is 60.0 Å². The SMILES string of the molecule is CCC1CN(C(=O)Nc2ccc3c(c2)OCCO3)c2cc(Cl)ccc2O1. The summed E-state index contributed by atoms with van der Waals surface area (Å²) in [4.78, 5) is 14.6. The summed E-state index contributed by atoms with van der Waals surface area (Å²) < 4.78 is 17.0. The summed E-state index contributed by atoms with van der Waals surface area (Å²) in [5.41, 5.74) is 1.31. The minimum Gasteiger partial charge on any atom is -0.486 e. The van der Waals surface area contributed by atoms with Crippen LogP contribution in [-0.4, -0.2) is 31.9 Å². The summed E-state index contributed by atoms with van der Waals surface area (Å²) in [6.07, 6.45) is 0.741. The average molecular weight is 375 g/mol. The number of fused-ring (bicyclic) bond motifs is 2. The molecule has 0 aromatic heterocycles. The van der Waals surface area contributed by atoms with E-state index in [4.69, 9.17) is 25.8 Å². The maximum Gasteiger partial charge on any atom is 0.326 e. The van der Waals surface area contributed by atoms with Crippen LogP contribution in [-0.2, 0) is 0 Å². The fourth-order valence-corrected chi connectivity index (χ4v) is 3.20. The highest BCUT2D eigenvalue weighted by Crippen LogP contribution is 2.37. The van der Waals surface area contributed by atoms with Gasteiger partial charge >= 0.3 is 6.03 Å². The molecule has 0 bridgehead atoms. The van der Waals surface area contributed by atoms with Crippen molar-refractivity contribution in [3.05, 3.63) is 41.4 Å². The molecule has 2 aromatic rings. The second-order valence-electron chi connectivity index (χ2n) is 6.16. The molecule has 0 saturated carbocycles. The molecule has 7 heteroatoms. The summed E-state index contributed by atoms with van der Waals surface area (Å²) in [7, 11) is 0. The molecule has 136 valence electrons. The molecule has 1 N–H and O–H groups in total. The normalized spacial score (nSPS) is 17.9. The Balaban J connectivity index is 1.58. The molecule has 4 rings (SSSR count). The molecule has 2 aromatic carbocycles. The monoisotopic (exact) mass is 374 g/mol. The largest absolute Gasteiger partial charge is 0.486 e. The molecule has 0 fully saturated rings. The number of rotatable bonds is 2. The molecule has 1 atom stereocenters. The van der Waals surface area contributed by atoms with E-state index >= 15 is 0 Å². The molecular weight excluding hydrogens is 356 g/mol. The summed E-state index contributed by atoms with van der Waals surface area (Å²) in [5, 5.41) is 3.47. The number of urea groups is 1. The van der Waals surface area contributed by atoms with Gasteiger partial charge in [-0.3, -0.25) is 4.90 Å². The molecule has 2 aliphatic rings. The van der Waals surface area contributed by atoms with Crippen molar-refractivity contribution in [1.29, 1.82) is 0 Å². The maximum atomic E-state index is 12.9. The Morgan fingerprint density at radius 2 is 1.92 bits per heavy atom. The fraction of sp³-hybridized carbons (Fsp3) is 0.316. The van der Waals surface area contributed by atoms with Crippen molar-refractivity contribution >= 4 is 29.0 Å². The van der Waals surface area contributed by atoms with Crippen molar-refractivity contribution < 1.29 is 19.0 Å². The third-order valence-electron chi connectivity index (χ3n) is 4.39. The molecule has 2 aliphatic heterocycles. The van der Waals surface area contributed by atoms with Gasteiger partial charge in [0.1, 0.15) is 25.1 Å². The lowest BCUT2D eigenvalue weighted by Crippen LogP contribution is -2.45. The Kier molecular flexibility index (Phi) is 4.51. The first-order valence-electron chi connectivity index (χ1n) is 8.58. The summed E-state index contributed by atoms with van der Waals surface area (Å²) >= 11 is 6.11. The van der Waals surface area contributed by atoms with Crippen LogP contribution in [0.4, 0.5) is 16.2 Å². The zero-order chi connectivity index (χ0) is 18.1. The first-order chi connectivity index (χ1) is 12.6. The number of hydrogen-bond acceptors (Lipinski definition) is 4. The van der Waals surface area contributed by atoms with Crippen LogP contribution in [0.15, 0.2) is 36.4 Å². The zero-order valence-corrected chi connectivity index (χ0v) is 15.1. The molecule has 6 nitrogen and oxygen atoms in total. The Labute approximate surface area is 156 Å². The first kappa shape index (κ1) is 16.8. The van der Waals surface area contributed by atoms with E-state index in [-0.39, 0.29) is 12.1 Å². The third-order valence-corrected chi connectivity index (χ3v) is 4.62. The standard InChI is InChI=1S/C19H19ClN2O4/c1-2-14-11-22(15-9-12(20)3-5-16(15)26-14)19(23)21-13-4-6-17-18(10-13)25-8-7-24-17/h3-6,9-10,14H,2,7-8,11H2,1H3,(H,21,23). The first-order valence-corrected chi connectivity index (χ1v) is 8.96. The van der Waals surface area contributed by atoms with Gasteiger partial charge in [0, 0.05) is 16.8 Å². The number of benzene rings is 2. The van der Waals surface area contributed by atoms with Gasteiger partial charge in [0.05, 0.1) is 12.2 Å². The van der Waals surface area contributed by atoms with Crippen LogP contribution in [0.3, 0.4) is 0 Å². The van der Waals surface area contributed by atoms with E-state index in [1.54, 1.807) is 41.3 Å². The lowest BCUT2D eigenvalue weighted by Gasteiger charge is -2.34. The maximum absolute atomic E-state index is 12.9. The Morgan fingerprint density at radius 3 is 2.73 bits per heavy atom. The second-order valence-corrected chi connectivity index (χ2v) is 6.60. The predicted molar refractivity (Wildman–Crippen MR) is 100.0 cm³/mol. The van der Waals surface area contributed by atoms with Crippen LogP contribution >= 0.6 is 11.6 Å². The molecule has 2 amide bonds. The minimum atomic E-state index is -0.244. The van der Waals surface area contributed by atoms with Crippen LogP contribution in [0.25, 0.3) is 0 Å². The van der Waals surface area contributed by atoms with Gasteiger partial charge in [-0.05, 0) is 36.8 Å². The lowest BCUT2D eigenvalue weighted by molar-refractivity contribution is 0.171. The highest BCUT2D eigenvalue weighted by Gasteiger charge is 2.29. The number of hydrogen-bond donors (Lipinski definition) is 1. The van der Waals surface area contributed by atoms with Crippen LogP contribution < -0.4 is 24.4 Å². The van der Waals surface area contributed by atoms with Crippen molar-refractivity contribution in [2.45, 2.75) is 19.4 Å². The number of ether oxygens (including phenoxy) is 3. The van der Waals surface area contributed by atoms with E-state index in [0.717, 1.165) is 6.42 Å². The van der Waals surface area contributed by atoms with Crippen LogP contribution in [0.1, 0.15) is 13.3 Å². The van der Waals surface area contributed by atoms with Gasteiger partial charge < -0.3 is 19.5 Å². The number of anilines is 2. The fourth-order valence-electron chi connectivity index (χ4n) is 3.04. The molecule has 2 heterocycles. The molecule has 0 saturated heterocycles. The third kappa shape index (κ3) is 3.24. The number of nitrogens with one attached hydrogen (secondary N) is 1. The van der Waals surface area contributed by atoms with Crippen molar-refractivity contribution in [2.24, 2.45) is 0 Å². The van der Waals surface area contributed by atoms with E-state index in [1.165, 1.54) is 0 Å². The Bertz CT molecular complexity index is 842. The smallest absolute Gasteiger partial charge is 0.326 e. The van der Waals surface area contributed by atoms with Gasteiger partial charge in [0.25, 0.3) is 0 Å². The minimum absolute atomic E-state index is 0.0605. The van der Waals surface area contributed by atoms with Crippen LogP contribution in [0.2, 0.25) is 5.02 Å². The predicted octanol–water partition coefficient (Wildman–Crippen LogP) is 4.32. The lowest BCUT2D eigenvalue weighted by atomic mass is 10.1. The molecule has 1 unspecified atom stereocenters. The van der Waals surface area contributed by atoms with Gasteiger partial charge in [-0.25, -0.2) is 4.79 Å². The Hall–Kier alpha value is -2.60. The number of carbonyl (C=O) groups excluding carboxylic acids is 1. The van der Waals surface area contributed by atoms with Crippen LogP contribution in [0.5, 0.6) is 17.2 Å². The molecule has 26 heavy (non-hydrogen) atoms. The molecule has 0 aliphatic carbocycles. The molecular formula is C19H19ClN2O4. The van der Waals surface area contributed by atoms with E-state index in [9.17, 15) is 4.79 Å².